The maximum Gasteiger partial charge on any atom is 0.166 e. The summed E-state index contributed by atoms with van der Waals surface area (Å²) in [7, 11) is 3.17. The Morgan fingerprint density at radius 1 is 1.10 bits per heavy atom. The molecule has 0 spiro atoms. The first kappa shape index (κ1) is 16.5. The zero-order valence-corrected chi connectivity index (χ0v) is 12.8. The van der Waals surface area contributed by atoms with Crippen LogP contribution < -0.4 is 9.47 Å². The quantitative estimate of drug-likeness (QED) is 0.694. The van der Waals surface area contributed by atoms with E-state index < -0.39 is 6.10 Å². The molecule has 0 aliphatic carbocycles. The second-order valence-electron chi connectivity index (χ2n) is 4.58. The van der Waals surface area contributed by atoms with Crippen LogP contribution in [0, 0.1) is 0 Å². The van der Waals surface area contributed by atoms with E-state index in [2.05, 4.69) is 0 Å². The van der Waals surface area contributed by atoms with Gasteiger partial charge in [0, 0.05) is 13.0 Å². The van der Waals surface area contributed by atoms with Crippen molar-refractivity contribution < 1.29 is 19.0 Å². The van der Waals surface area contributed by atoms with Gasteiger partial charge in [-0.3, -0.25) is 4.79 Å². The SMILES string of the molecule is CCCOC(C(=O)CCC)c1ccc(OC)c(OC)c1. The van der Waals surface area contributed by atoms with Crippen LogP contribution in [-0.2, 0) is 9.53 Å². The molecule has 1 rings (SSSR count). The van der Waals surface area contributed by atoms with Crippen molar-refractivity contribution in [3.05, 3.63) is 23.8 Å². The highest BCUT2D eigenvalue weighted by Gasteiger charge is 2.21. The Kier molecular flexibility index (Phi) is 7.09. The van der Waals surface area contributed by atoms with Crippen molar-refractivity contribution in [2.45, 2.75) is 39.2 Å². The number of ether oxygens (including phenoxy) is 3. The van der Waals surface area contributed by atoms with E-state index in [1.54, 1.807) is 20.3 Å². The van der Waals surface area contributed by atoms with Crippen LogP contribution in [0.4, 0.5) is 0 Å². The van der Waals surface area contributed by atoms with E-state index in [9.17, 15) is 4.79 Å². The summed E-state index contributed by atoms with van der Waals surface area (Å²) in [5.41, 5.74) is 0.814. The molecule has 0 heterocycles. The largest absolute Gasteiger partial charge is 0.493 e. The van der Waals surface area contributed by atoms with Crippen molar-refractivity contribution in [1.82, 2.24) is 0 Å². The summed E-state index contributed by atoms with van der Waals surface area (Å²) in [6.45, 7) is 4.58. The molecule has 1 unspecified atom stereocenters. The predicted octanol–water partition coefficient (Wildman–Crippen LogP) is 3.54. The molecule has 112 valence electrons. The molecule has 0 saturated carbocycles. The molecular formula is C16H24O4. The van der Waals surface area contributed by atoms with Gasteiger partial charge in [-0.2, -0.15) is 0 Å². The molecule has 20 heavy (non-hydrogen) atoms. The van der Waals surface area contributed by atoms with Gasteiger partial charge in [0.25, 0.3) is 0 Å². The lowest BCUT2D eigenvalue weighted by atomic mass is 10.0. The Morgan fingerprint density at radius 2 is 1.80 bits per heavy atom. The summed E-state index contributed by atoms with van der Waals surface area (Å²) in [4.78, 5) is 12.2. The molecule has 0 bridgehead atoms. The molecule has 4 heteroatoms. The molecule has 1 aromatic rings. The van der Waals surface area contributed by atoms with Crippen LogP contribution >= 0.6 is 0 Å². The second-order valence-corrected chi connectivity index (χ2v) is 4.58. The molecule has 0 aliphatic rings. The summed E-state index contributed by atoms with van der Waals surface area (Å²) in [5.74, 6) is 1.36. The van der Waals surface area contributed by atoms with Gasteiger partial charge in [-0.1, -0.05) is 19.9 Å². The molecule has 0 radical (unpaired) electrons. The first-order valence-corrected chi connectivity index (χ1v) is 7.04. The molecule has 4 nitrogen and oxygen atoms in total. The minimum atomic E-state index is -0.519. The van der Waals surface area contributed by atoms with Gasteiger partial charge in [-0.25, -0.2) is 0 Å². The van der Waals surface area contributed by atoms with Crippen LogP contribution in [0.1, 0.15) is 44.8 Å². The third-order valence-corrected chi connectivity index (χ3v) is 2.99. The van der Waals surface area contributed by atoms with Crippen molar-refractivity contribution in [2.75, 3.05) is 20.8 Å². The Labute approximate surface area is 121 Å². The van der Waals surface area contributed by atoms with Crippen molar-refractivity contribution in [1.29, 1.82) is 0 Å². The highest BCUT2D eigenvalue weighted by Crippen LogP contribution is 2.32. The fraction of sp³-hybridized carbons (Fsp3) is 0.562. The number of ketones is 1. The number of hydrogen-bond donors (Lipinski definition) is 0. The van der Waals surface area contributed by atoms with Crippen molar-refractivity contribution in [3.8, 4) is 11.5 Å². The summed E-state index contributed by atoms with van der Waals surface area (Å²) in [6, 6.07) is 5.47. The number of benzene rings is 1. The molecule has 1 atom stereocenters. The first-order chi connectivity index (χ1) is 9.67. The van der Waals surface area contributed by atoms with E-state index in [0.717, 1.165) is 18.4 Å². The third kappa shape index (κ3) is 4.23. The maximum atomic E-state index is 12.2. The minimum Gasteiger partial charge on any atom is -0.493 e. The second kappa shape index (κ2) is 8.59. The van der Waals surface area contributed by atoms with Crippen LogP contribution in [0.15, 0.2) is 18.2 Å². The highest BCUT2D eigenvalue weighted by atomic mass is 16.5. The molecule has 0 N–H and O–H groups in total. The van der Waals surface area contributed by atoms with E-state index in [1.807, 2.05) is 26.0 Å². The Balaban J connectivity index is 3.03. The van der Waals surface area contributed by atoms with Gasteiger partial charge >= 0.3 is 0 Å². The van der Waals surface area contributed by atoms with Gasteiger partial charge in [0.15, 0.2) is 17.3 Å². The van der Waals surface area contributed by atoms with Crippen LogP contribution in [0.2, 0.25) is 0 Å². The number of carbonyl (C=O) groups is 1. The summed E-state index contributed by atoms with van der Waals surface area (Å²) in [6.07, 6.45) is 1.69. The van der Waals surface area contributed by atoms with E-state index >= 15 is 0 Å². The van der Waals surface area contributed by atoms with Crippen LogP contribution in [0.3, 0.4) is 0 Å². The average Bonchev–Trinajstić information content (AvgIpc) is 2.47. The van der Waals surface area contributed by atoms with E-state index in [-0.39, 0.29) is 5.78 Å². The molecule has 0 amide bonds. The topological polar surface area (TPSA) is 44.8 Å². The molecule has 1 aromatic carbocycles. The number of Topliss-reactive ketones (excluding diaryl/α,β-unsaturated/α-hetero) is 1. The molecule has 0 aromatic heterocycles. The third-order valence-electron chi connectivity index (χ3n) is 2.99. The van der Waals surface area contributed by atoms with Crippen molar-refractivity contribution in [3.63, 3.8) is 0 Å². The van der Waals surface area contributed by atoms with Crippen LogP contribution in [0.25, 0.3) is 0 Å². The van der Waals surface area contributed by atoms with Gasteiger partial charge in [0.1, 0.15) is 6.10 Å². The summed E-state index contributed by atoms with van der Waals surface area (Å²) in [5, 5.41) is 0. The number of hydrogen-bond acceptors (Lipinski definition) is 4. The fourth-order valence-corrected chi connectivity index (χ4v) is 2.00. The summed E-state index contributed by atoms with van der Waals surface area (Å²) >= 11 is 0. The van der Waals surface area contributed by atoms with E-state index in [4.69, 9.17) is 14.2 Å². The predicted molar refractivity (Wildman–Crippen MR) is 78.4 cm³/mol. The van der Waals surface area contributed by atoms with E-state index in [1.165, 1.54) is 0 Å². The molecule has 0 fully saturated rings. The van der Waals surface area contributed by atoms with Gasteiger partial charge in [-0.05, 0) is 30.5 Å². The van der Waals surface area contributed by atoms with E-state index in [0.29, 0.717) is 24.5 Å². The number of methoxy groups -OCH3 is 2. The van der Waals surface area contributed by atoms with Gasteiger partial charge in [0.05, 0.1) is 14.2 Å². The maximum absolute atomic E-state index is 12.2. The van der Waals surface area contributed by atoms with Crippen LogP contribution in [0.5, 0.6) is 11.5 Å². The number of rotatable bonds is 9. The zero-order valence-electron chi connectivity index (χ0n) is 12.8. The molecule has 0 saturated heterocycles. The van der Waals surface area contributed by atoms with Crippen molar-refractivity contribution in [2.24, 2.45) is 0 Å². The molecule has 0 aliphatic heterocycles. The van der Waals surface area contributed by atoms with Gasteiger partial charge in [0.2, 0.25) is 0 Å². The van der Waals surface area contributed by atoms with Gasteiger partial charge < -0.3 is 14.2 Å². The monoisotopic (exact) mass is 280 g/mol. The normalized spacial score (nSPS) is 12.0. The standard InChI is InChI=1S/C16H24O4/c1-5-7-13(17)16(20-10-6-2)12-8-9-14(18-3)15(11-12)19-4/h8-9,11,16H,5-7,10H2,1-4H3. The Morgan fingerprint density at radius 3 is 2.35 bits per heavy atom. The lowest BCUT2D eigenvalue weighted by molar-refractivity contribution is -0.131. The smallest absolute Gasteiger partial charge is 0.166 e. The number of carbonyl (C=O) groups excluding carboxylic acids is 1. The zero-order chi connectivity index (χ0) is 15.0. The minimum absolute atomic E-state index is 0.105. The summed E-state index contributed by atoms with van der Waals surface area (Å²) < 4.78 is 16.2. The first-order valence-electron chi connectivity index (χ1n) is 7.04. The highest BCUT2D eigenvalue weighted by molar-refractivity contribution is 5.84. The van der Waals surface area contributed by atoms with Crippen molar-refractivity contribution >= 4 is 5.78 Å². The van der Waals surface area contributed by atoms with Crippen LogP contribution in [-0.4, -0.2) is 26.6 Å². The lowest BCUT2D eigenvalue weighted by Gasteiger charge is -2.18. The lowest BCUT2D eigenvalue weighted by Crippen LogP contribution is -2.16. The van der Waals surface area contributed by atoms with Gasteiger partial charge in [-0.15, -0.1) is 0 Å². The average molecular weight is 280 g/mol. The Hall–Kier alpha value is -1.55. The Bertz CT molecular complexity index is 428. The molecular weight excluding hydrogens is 256 g/mol. The fourth-order valence-electron chi connectivity index (χ4n) is 2.00.